The van der Waals surface area contributed by atoms with Gasteiger partial charge in [0.05, 0.1) is 18.1 Å². The van der Waals surface area contributed by atoms with Gasteiger partial charge in [-0.2, -0.15) is 10.1 Å². The monoisotopic (exact) mass is 333 g/mol. The molecule has 8 heteroatoms. The van der Waals surface area contributed by atoms with E-state index in [0.717, 1.165) is 37.7 Å². The van der Waals surface area contributed by atoms with E-state index in [1.165, 1.54) is 0 Å². The molecule has 0 aromatic carbocycles. The maximum Gasteiger partial charge on any atom is 0.229 e. The van der Waals surface area contributed by atoms with Crippen LogP contribution in [0.3, 0.4) is 0 Å². The number of hydrogen-bond acceptors (Lipinski definition) is 6. The van der Waals surface area contributed by atoms with Gasteiger partial charge in [-0.3, -0.25) is 5.10 Å². The molecule has 2 aliphatic heterocycles. The van der Waals surface area contributed by atoms with Gasteiger partial charge in [0.15, 0.2) is 5.82 Å². The number of nitrogens with one attached hydrogen (secondary N) is 3. The van der Waals surface area contributed by atoms with Crippen LogP contribution >= 0.6 is 11.6 Å². The van der Waals surface area contributed by atoms with Gasteiger partial charge in [0.25, 0.3) is 0 Å². The van der Waals surface area contributed by atoms with Gasteiger partial charge in [-0.25, -0.2) is 4.98 Å². The zero-order valence-electron chi connectivity index (χ0n) is 13.2. The first-order chi connectivity index (χ1) is 11.0. The molecule has 4 heterocycles. The summed E-state index contributed by atoms with van der Waals surface area (Å²) in [5.74, 6) is 1.32. The Kier molecular flexibility index (Phi) is 3.24. The second-order valence-electron chi connectivity index (χ2n) is 7.06. The summed E-state index contributed by atoms with van der Waals surface area (Å²) in [6.07, 6.45) is 5.10. The largest absolute Gasteiger partial charge is 0.354 e. The summed E-state index contributed by atoms with van der Waals surface area (Å²) < 4.78 is 0. The van der Waals surface area contributed by atoms with Crippen LogP contribution in [-0.4, -0.2) is 46.3 Å². The van der Waals surface area contributed by atoms with E-state index in [-0.39, 0.29) is 10.8 Å². The third-order valence-corrected chi connectivity index (χ3v) is 5.61. The molecular formula is C15H20ClN7. The van der Waals surface area contributed by atoms with Gasteiger partial charge in [0, 0.05) is 43.2 Å². The van der Waals surface area contributed by atoms with Crippen LogP contribution in [0.1, 0.15) is 13.8 Å². The van der Waals surface area contributed by atoms with Gasteiger partial charge < -0.3 is 15.5 Å². The summed E-state index contributed by atoms with van der Waals surface area (Å²) in [7, 11) is 0. The Hall–Kier alpha value is -1.86. The second-order valence-corrected chi connectivity index (χ2v) is 7.47. The van der Waals surface area contributed by atoms with E-state index < -0.39 is 0 Å². The minimum atomic E-state index is 0.236. The third-order valence-electron chi connectivity index (χ3n) is 5.35. The molecule has 2 aliphatic rings. The fourth-order valence-corrected chi connectivity index (χ4v) is 3.88. The number of aromatic nitrogens is 4. The number of anilines is 3. The number of halogens is 1. The molecule has 0 bridgehead atoms. The molecule has 0 radical (unpaired) electrons. The van der Waals surface area contributed by atoms with Gasteiger partial charge in [-0.05, 0) is 0 Å². The van der Waals surface area contributed by atoms with Crippen LogP contribution in [0, 0.1) is 10.8 Å². The van der Waals surface area contributed by atoms with Crippen molar-refractivity contribution in [1.29, 1.82) is 0 Å². The number of rotatable bonds is 3. The highest BCUT2D eigenvalue weighted by Crippen LogP contribution is 2.50. The van der Waals surface area contributed by atoms with Crippen molar-refractivity contribution in [3.63, 3.8) is 0 Å². The predicted molar refractivity (Wildman–Crippen MR) is 90.2 cm³/mol. The smallest absolute Gasteiger partial charge is 0.229 e. The van der Waals surface area contributed by atoms with Gasteiger partial charge in [0.1, 0.15) is 5.02 Å². The topological polar surface area (TPSA) is 81.8 Å². The van der Waals surface area contributed by atoms with E-state index in [2.05, 4.69) is 49.5 Å². The van der Waals surface area contributed by atoms with Crippen LogP contribution in [0.25, 0.3) is 0 Å². The molecule has 7 nitrogen and oxygen atoms in total. The zero-order chi connectivity index (χ0) is 16.1. The number of H-pyrrole nitrogens is 1. The van der Waals surface area contributed by atoms with E-state index >= 15 is 0 Å². The first kappa shape index (κ1) is 14.7. The molecule has 0 saturated carbocycles. The Morgan fingerprint density at radius 2 is 1.96 bits per heavy atom. The molecule has 3 N–H and O–H groups in total. The minimum absolute atomic E-state index is 0.236. The fraction of sp³-hybridized carbons (Fsp3) is 0.533. The van der Waals surface area contributed by atoms with Crippen molar-refractivity contribution in [2.45, 2.75) is 13.8 Å². The van der Waals surface area contributed by atoms with E-state index in [1.807, 2.05) is 0 Å². The van der Waals surface area contributed by atoms with Crippen molar-refractivity contribution in [2.24, 2.45) is 10.8 Å². The van der Waals surface area contributed by atoms with E-state index in [9.17, 15) is 0 Å². The van der Waals surface area contributed by atoms with Crippen molar-refractivity contribution in [3.05, 3.63) is 23.6 Å². The normalized spacial score (nSPS) is 29.8. The molecule has 2 fully saturated rings. The molecule has 2 aromatic heterocycles. The Morgan fingerprint density at radius 1 is 1.22 bits per heavy atom. The van der Waals surface area contributed by atoms with E-state index in [0.29, 0.717) is 11.0 Å². The third kappa shape index (κ3) is 2.35. The number of fused-ring (bicyclic) bond motifs is 1. The molecule has 2 atom stereocenters. The van der Waals surface area contributed by atoms with Crippen LogP contribution in [0.15, 0.2) is 18.6 Å². The zero-order valence-corrected chi connectivity index (χ0v) is 14.0. The van der Waals surface area contributed by atoms with Crippen molar-refractivity contribution < 1.29 is 0 Å². The average molecular weight is 334 g/mol. The Bertz CT molecular complexity index is 701. The lowest BCUT2D eigenvalue weighted by molar-refractivity contribution is 0.212. The van der Waals surface area contributed by atoms with Crippen LogP contribution in [-0.2, 0) is 0 Å². The molecule has 0 unspecified atom stereocenters. The standard InChI is InChI=1S/C15H20ClN7/c1-14-6-17-7-15(14,2)9-23(8-14)12-11(16)5-18-13(22-12)21-10-3-19-20-4-10/h3-5,17H,6-9H2,1-2H3,(H,19,20)(H,18,21,22)/t14-,15+. The van der Waals surface area contributed by atoms with Crippen molar-refractivity contribution in [3.8, 4) is 0 Å². The molecule has 0 amide bonds. The summed E-state index contributed by atoms with van der Waals surface area (Å²) >= 11 is 6.38. The minimum Gasteiger partial charge on any atom is -0.354 e. The maximum absolute atomic E-state index is 6.38. The van der Waals surface area contributed by atoms with Crippen LogP contribution in [0.2, 0.25) is 5.02 Å². The van der Waals surface area contributed by atoms with Gasteiger partial charge >= 0.3 is 0 Å². The number of nitrogens with zero attached hydrogens (tertiary/aromatic N) is 4. The van der Waals surface area contributed by atoms with Crippen molar-refractivity contribution >= 4 is 29.1 Å². The molecule has 23 heavy (non-hydrogen) atoms. The fourth-order valence-electron chi connectivity index (χ4n) is 3.67. The number of hydrogen-bond donors (Lipinski definition) is 3. The summed E-state index contributed by atoms with van der Waals surface area (Å²) in [5.41, 5.74) is 1.29. The summed E-state index contributed by atoms with van der Waals surface area (Å²) in [6.45, 7) is 8.63. The lowest BCUT2D eigenvalue weighted by Crippen LogP contribution is -2.34. The van der Waals surface area contributed by atoms with Gasteiger partial charge in [-0.1, -0.05) is 25.4 Å². The molecule has 2 aromatic rings. The molecule has 2 saturated heterocycles. The summed E-state index contributed by atoms with van der Waals surface area (Å²) in [4.78, 5) is 11.2. The molecule has 4 rings (SSSR count). The Balaban J connectivity index is 1.62. The molecule has 0 spiro atoms. The summed E-state index contributed by atoms with van der Waals surface area (Å²) in [5, 5.41) is 13.9. The second kappa shape index (κ2) is 5.07. The highest BCUT2D eigenvalue weighted by atomic mass is 35.5. The summed E-state index contributed by atoms with van der Waals surface area (Å²) in [6, 6.07) is 0. The highest BCUT2D eigenvalue weighted by molar-refractivity contribution is 6.32. The molecule has 122 valence electrons. The Labute approximate surface area is 139 Å². The molecule has 0 aliphatic carbocycles. The quantitative estimate of drug-likeness (QED) is 0.797. The van der Waals surface area contributed by atoms with Crippen LogP contribution in [0.4, 0.5) is 17.5 Å². The molecular weight excluding hydrogens is 314 g/mol. The predicted octanol–water partition coefficient (Wildman–Crippen LogP) is 2.03. The lowest BCUT2D eigenvalue weighted by atomic mass is 9.71. The SMILES string of the molecule is C[C@@]12CNC[C@]1(C)CN(c1nc(Nc3cn[nH]c3)ncc1Cl)C2. The lowest BCUT2D eigenvalue weighted by Gasteiger charge is -2.30. The van der Waals surface area contributed by atoms with Crippen molar-refractivity contribution in [2.75, 3.05) is 36.4 Å². The highest BCUT2D eigenvalue weighted by Gasteiger charge is 2.55. The Morgan fingerprint density at radius 3 is 2.61 bits per heavy atom. The van der Waals surface area contributed by atoms with Crippen LogP contribution in [0.5, 0.6) is 0 Å². The number of aromatic amines is 1. The van der Waals surface area contributed by atoms with Crippen LogP contribution < -0.4 is 15.5 Å². The van der Waals surface area contributed by atoms with Gasteiger partial charge in [0.2, 0.25) is 5.95 Å². The van der Waals surface area contributed by atoms with E-state index in [4.69, 9.17) is 11.6 Å². The first-order valence-electron chi connectivity index (χ1n) is 7.73. The van der Waals surface area contributed by atoms with E-state index in [1.54, 1.807) is 18.6 Å². The average Bonchev–Trinajstić information content (AvgIpc) is 3.15. The maximum atomic E-state index is 6.38. The van der Waals surface area contributed by atoms with Crippen molar-refractivity contribution in [1.82, 2.24) is 25.5 Å². The van der Waals surface area contributed by atoms with Gasteiger partial charge in [-0.15, -0.1) is 0 Å². The first-order valence-corrected chi connectivity index (χ1v) is 8.11.